The molecule has 0 radical (unpaired) electrons. The number of phenols is 2. The molecule has 116 valence electrons. The molecule has 2 aromatic carbocycles. The highest BCUT2D eigenvalue weighted by Crippen LogP contribution is 2.27. The van der Waals surface area contributed by atoms with Gasteiger partial charge < -0.3 is 19.7 Å². The largest absolute Gasteiger partial charge is 0.508 e. The van der Waals surface area contributed by atoms with Crippen molar-refractivity contribution in [3.05, 3.63) is 60.3 Å². The van der Waals surface area contributed by atoms with Crippen LogP contribution in [0.5, 0.6) is 34.9 Å². The fourth-order valence-electron chi connectivity index (χ4n) is 1.81. The fourth-order valence-corrected chi connectivity index (χ4v) is 1.81. The Morgan fingerprint density at radius 1 is 0.783 bits per heavy atom. The first-order valence-corrected chi connectivity index (χ1v) is 6.87. The van der Waals surface area contributed by atoms with Crippen molar-refractivity contribution in [2.45, 2.75) is 6.92 Å². The van der Waals surface area contributed by atoms with Crippen molar-refractivity contribution in [2.75, 3.05) is 0 Å². The van der Waals surface area contributed by atoms with Crippen LogP contribution in [0, 0.1) is 6.92 Å². The monoisotopic (exact) mass is 310 g/mol. The van der Waals surface area contributed by atoms with Gasteiger partial charge in [0.05, 0.1) is 0 Å². The first-order chi connectivity index (χ1) is 11.1. The molecule has 23 heavy (non-hydrogen) atoms. The van der Waals surface area contributed by atoms with E-state index < -0.39 is 0 Å². The standard InChI is InChI=1S/C17H14N2O4/c1-11-10-18-17(23-15-8-4-13(21)5-9-15)19-16(11)22-14-6-2-12(20)3-7-14/h2-10,20-21H,1H3. The maximum absolute atomic E-state index is 9.29. The maximum Gasteiger partial charge on any atom is 0.325 e. The number of benzene rings is 2. The molecule has 3 rings (SSSR count). The van der Waals surface area contributed by atoms with Crippen LogP contribution < -0.4 is 9.47 Å². The summed E-state index contributed by atoms with van der Waals surface area (Å²) in [7, 11) is 0. The molecule has 0 aliphatic rings. The van der Waals surface area contributed by atoms with E-state index >= 15 is 0 Å². The summed E-state index contributed by atoms with van der Waals surface area (Å²) in [4.78, 5) is 8.32. The molecule has 1 aromatic heterocycles. The Kier molecular flexibility index (Phi) is 3.97. The van der Waals surface area contributed by atoms with E-state index in [0.29, 0.717) is 17.4 Å². The minimum Gasteiger partial charge on any atom is -0.508 e. The maximum atomic E-state index is 9.29. The molecule has 0 saturated heterocycles. The summed E-state index contributed by atoms with van der Waals surface area (Å²) in [5, 5.41) is 18.5. The van der Waals surface area contributed by atoms with Crippen molar-refractivity contribution in [1.29, 1.82) is 0 Å². The zero-order chi connectivity index (χ0) is 16.2. The van der Waals surface area contributed by atoms with Crippen LogP contribution in [0.1, 0.15) is 5.56 Å². The molecule has 0 aliphatic heterocycles. The summed E-state index contributed by atoms with van der Waals surface area (Å²) in [6.07, 6.45) is 1.60. The van der Waals surface area contributed by atoms with Gasteiger partial charge in [0.25, 0.3) is 0 Å². The van der Waals surface area contributed by atoms with Crippen molar-refractivity contribution in [1.82, 2.24) is 9.97 Å². The molecular formula is C17H14N2O4. The Morgan fingerprint density at radius 2 is 1.30 bits per heavy atom. The van der Waals surface area contributed by atoms with Crippen molar-refractivity contribution in [3.8, 4) is 34.9 Å². The second-order valence-electron chi connectivity index (χ2n) is 4.83. The molecular weight excluding hydrogens is 296 g/mol. The van der Waals surface area contributed by atoms with Crippen molar-refractivity contribution >= 4 is 0 Å². The predicted octanol–water partition coefficient (Wildman–Crippen LogP) is 3.78. The lowest BCUT2D eigenvalue weighted by Gasteiger charge is -2.09. The molecule has 6 heteroatoms. The van der Waals surface area contributed by atoms with E-state index in [1.54, 1.807) is 30.5 Å². The number of hydrogen-bond acceptors (Lipinski definition) is 6. The topological polar surface area (TPSA) is 84.7 Å². The smallest absolute Gasteiger partial charge is 0.325 e. The zero-order valence-corrected chi connectivity index (χ0v) is 12.3. The van der Waals surface area contributed by atoms with Gasteiger partial charge in [-0.3, -0.25) is 0 Å². The molecule has 0 unspecified atom stereocenters. The second kappa shape index (κ2) is 6.23. The predicted molar refractivity (Wildman–Crippen MR) is 83.1 cm³/mol. The molecule has 1 heterocycles. The molecule has 0 bridgehead atoms. The van der Waals surface area contributed by atoms with Crippen LogP contribution in [0.4, 0.5) is 0 Å². The van der Waals surface area contributed by atoms with E-state index in [1.807, 2.05) is 6.92 Å². The van der Waals surface area contributed by atoms with E-state index in [2.05, 4.69) is 9.97 Å². The van der Waals surface area contributed by atoms with Gasteiger partial charge in [0, 0.05) is 11.8 Å². The summed E-state index contributed by atoms with van der Waals surface area (Å²) in [5.41, 5.74) is 0.746. The van der Waals surface area contributed by atoms with Gasteiger partial charge in [0.1, 0.15) is 23.0 Å². The van der Waals surface area contributed by atoms with Gasteiger partial charge in [-0.2, -0.15) is 4.98 Å². The van der Waals surface area contributed by atoms with Gasteiger partial charge in [0.15, 0.2) is 0 Å². The molecule has 0 atom stereocenters. The van der Waals surface area contributed by atoms with Gasteiger partial charge in [-0.15, -0.1) is 0 Å². The van der Waals surface area contributed by atoms with Crippen LogP contribution in [0.15, 0.2) is 54.7 Å². The molecule has 0 fully saturated rings. The highest BCUT2D eigenvalue weighted by Gasteiger charge is 2.08. The number of nitrogens with zero attached hydrogens (tertiary/aromatic N) is 2. The van der Waals surface area contributed by atoms with Crippen molar-refractivity contribution in [2.24, 2.45) is 0 Å². The average Bonchev–Trinajstić information content (AvgIpc) is 2.55. The molecule has 0 aliphatic carbocycles. The van der Waals surface area contributed by atoms with E-state index in [1.165, 1.54) is 24.3 Å². The molecule has 0 spiro atoms. The Labute approximate surface area is 132 Å². The van der Waals surface area contributed by atoms with Gasteiger partial charge in [-0.05, 0) is 55.5 Å². The highest BCUT2D eigenvalue weighted by atomic mass is 16.5. The number of rotatable bonds is 4. The lowest BCUT2D eigenvalue weighted by molar-refractivity contribution is 0.406. The van der Waals surface area contributed by atoms with Crippen LogP contribution in [0.3, 0.4) is 0 Å². The average molecular weight is 310 g/mol. The Morgan fingerprint density at radius 3 is 1.87 bits per heavy atom. The van der Waals surface area contributed by atoms with Crippen LogP contribution in [-0.4, -0.2) is 20.2 Å². The van der Waals surface area contributed by atoms with Crippen molar-refractivity contribution in [3.63, 3.8) is 0 Å². The third-order valence-electron chi connectivity index (χ3n) is 3.00. The number of aromatic nitrogens is 2. The van der Waals surface area contributed by atoms with Crippen molar-refractivity contribution < 1.29 is 19.7 Å². The lowest BCUT2D eigenvalue weighted by Crippen LogP contribution is -1.97. The normalized spacial score (nSPS) is 10.3. The third-order valence-corrected chi connectivity index (χ3v) is 3.00. The molecule has 3 aromatic rings. The quantitative estimate of drug-likeness (QED) is 0.763. The first-order valence-electron chi connectivity index (χ1n) is 6.87. The van der Waals surface area contributed by atoms with Gasteiger partial charge in [0.2, 0.25) is 5.88 Å². The van der Waals surface area contributed by atoms with Crippen LogP contribution in [0.2, 0.25) is 0 Å². The number of phenolic OH excluding ortho intramolecular Hbond substituents is 2. The summed E-state index contributed by atoms with van der Waals surface area (Å²) in [6, 6.07) is 12.7. The minimum atomic E-state index is 0.134. The highest BCUT2D eigenvalue weighted by molar-refractivity contribution is 5.36. The summed E-state index contributed by atoms with van der Waals surface area (Å²) < 4.78 is 11.2. The number of aryl methyl sites for hydroxylation is 1. The molecule has 0 amide bonds. The first kappa shape index (κ1) is 14.6. The van der Waals surface area contributed by atoms with Gasteiger partial charge in [-0.1, -0.05) is 0 Å². The Bertz CT molecular complexity index is 802. The fraction of sp³-hybridized carbons (Fsp3) is 0.0588. The Balaban J connectivity index is 1.81. The van der Waals surface area contributed by atoms with Crippen LogP contribution in [0.25, 0.3) is 0 Å². The SMILES string of the molecule is Cc1cnc(Oc2ccc(O)cc2)nc1Oc1ccc(O)cc1. The second-order valence-corrected chi connectivity index (χ2v) is 4.83. The summed E-state index contributed by atoms with van der Waals surface area (Å²) >= 11 is 0. The zero-order valence-electron chi connectivity index (χ0n) is 12.3. The van der Waals surface area contributed by atoms with Crippen LogP contribution >= 0.6 is 0 Å². The number of ether oxygens (including phenoxy) is 2. The van der Waals surface area contributed by atoms with E-state index in [-0.39, 0.29) is 17.5 Å². The molecule has 2 N–H and O–H groups in total. The summed E-state index contributed by atoms with van der Waals surface area (Å²) in [6.45, 7) is 1.82. The van der Waals surface area contributed by atoms with Gasteiger partial charge >= 0.3 is 6.01 Å². The Hall–Kier alpha value is -3.28. The van der Waals surface area contributed by atoms with Gasteiger partial charge in [-0.25, -0.2) is 4.98 Å². The van der Waals surface area contributed by atoms with E-state index in [4.69, 9.17) is 9.47 Å². The molecule has 0 saturated carbocycles. The van der Waals surface area contributed by atoms with Crippen LogP contribution in [-0.2, 0) is 0 Å². The minimum absolute atomic E-state index is 0.134. The lowest BCUT2D eigenvalue weighted by atomic mass is 10.3. The summed E-state index contributed by atoms with van der Waals surface area (Å²) in [5.74, 6) is 1.72. The van der Waals surface area contributed by atoms with E-state index in [9.17, 15) is 10.2 Å². The third kappa shape index (κ3) is 3.68. The molecule has 6 nitrogen and oxygen atoms in total. The number of hydrogen-bond donors (Lipinski definition) is 2. The van der Waals surface area contributed by atoms with E-state index in [0.717, 1.165) is 5.56 Å². The number of aromatic hydroxyl groups is 2.